The van der Waals surface area contributed by atoms with Crippen LogP contribution in [0, 0.1) is 5.92 Å². The first-order chi connectivity index (χ1) is 11.7. The van der Waals surface area contributed by atoms with Crippen LogP contribution in [-0.4, -0.2) is 19.1 Å². The molecule has 0 spiro atoms. The molecule has 5 nitrogen and oxygen atoms in total. The van der Waals surface area contributed by atoms with Crippen molar-refractivity contribution in [2.45, 2.75) is 25.3 Å². The van der Waals surface area contributed by atoms with E-state index in [4.69, 9.17) is 15.2 Å². The standard InChI is InChI=1S/C19H22N2O3.ClH/c1-23-17-7-2-3-8-18(17)24-14-11-9-13(10-12-14)21-19(22)15-5-4-6-16(15)20;/h2-3,7-12,15-16H,4-6,20H2,1H3,(H,21,22);1H. The molecule has 3 rings (SSSR count). The molecule has 2 atom stereocenters. The number of ether oxygens (including phenoxy) is 2. The number of para-hydroxylation sites is 2. The molecule has 2 unspecified atom stereocenters. The SMILES string of the molecule is COc1ccccc1Oc1ccc(NC(=O)C2CCCC2N)cc1.Cl. The van der Waals surface area contributed by atoms with E-state index in [-0.39, 0.29) is 30.3 Å². The van der Waals surface area contributed by atoms with Gasteiger partial charge in [-0.05, 0) is 49.2 Å². The van der Waals surface area contributed by atoms with Gasteiger partial charge < -0.3 is 20.5 Å². The number of carbonyl (C=O) groups excluding carboxylic acids is 1. The number of amides is 1. The lowest BCUT2D eigenvalue weighted by Gasteiger charge is -2.15. The number of methoxy groups -OCH3 is 1. The first-order valence-electron chi connectivity index (χ1n) is 8.15. The molecule has 134 valence electrons. The van der Waals surface area contributed by atoms with Crippen molar-refractivity contribution in [2.75, 3.05) is 12.4 Å². The number of rotatable bonds is 5. The van der Waals surface area contributed by atoms with E-state index < -0.39 is 0 Å². The van der Waals surface area contributed by atoms with E-state index in [9.17, 15) is 4.79 Å². The minimum absolute atomic E-state index is 0. The van der Waals surface area contributed by atoms with Gasteiger partial charge >= 0.3 is 0 Å². The second kappa shape index (κ2) is 8.74. The minimum Gasteiger partial charge on any atom is -0.493 e. The molecular formula is C19H23ClN2O3. The molecule has 0 heterocycles. The first-order valence-corrected chi connectivity index (χ1v) is 8.15. The molecule has 25 heavy (non-hydrogen) atoms. The molecule has 0 bridgehead atoms. The van der Waals surface area contributed by atoms with Crippen LogP contribution in [0.15, 0.2) is 48.5 Å². The van der Waals surface area contributed by atoms with Gasteiger partial charge in [0.1, 0.15) is 5.75 Å². The molecule has 1 fully saturated rings. The molecule has 0 aromatic heterocycles. The van der Waals surface area contributed by atoms with Gasteiger partial charge in [-0.25, -0.2) is 0 Å². The van der Waals surface area contributed by atoms with Crippen molar-refractivity contribution >= 4 is 24.0 Å². The predicted octanol–water partition coefficient (Wildman–Crippen LogP) is 3.98. The Morgan fingerprint density at radius 3 is 2.36 bits per heavy atom. The summed E-state index contributed by atoms with van der Waals surface area (Å²) < 4.78 is 11.1. The van der Waals surface area contributed by atoms with E-state index in [1.807, 2.05) is 48.5 Å². The highest BCUT2D eigenvalue weighted by molar-refractivity contribution is 5.93. The van der Waals surface area contributed by atoms with Gasteiger partial charge in [0.15, 0.2) is 11.5 Å². The van der Waals surface area contributed by atoms with Crippen molar-refractivity contribution in [3.63, 3.8) is 0 Å². The molecule has 0 radical (unpaired) electrons. The number of anilines is 1. The third-order valence-electron chi connectivity index (χ3n) is 4.32. The van der Waals surface area contributed by atoms with Crippen molar-refractivity contribution in [3.05, 3.63) is 48.5 Å². The van der Waals surface area contributed by atoms with Gasteiger partial charge in [-0.1, -0.05) is 18.6 Å². The summed E-state index contributed by atoms with van der Waals surface area (Å²) in [5, 5.41) is 2.93. The Kier molecular flexibility index (Phi) is 6.67. The summed E-state index contributed by atoms with van der Waals surface area (Å²) in [7, 11) is 1.61. The van der Waals surface area contributed by atoms with Crippen LogP contribution >= 0.6 is 12.4 Å². The van der Waals surface area contributed by atoms with E-state index >= 15 is 0 Å². The van der Waals surface area contributed by atoms with E-state index in [2.05, 4.69) is 5.32 Å². The summed E-state index contributed by atoms with van der Waals surface area (Å²) in [6, 6.07) is 14.7. The molecule has 3 N–H and O–H groups in total. The van der Waals surface area contributed by atoms with Crippen LogP contribution in [-0.2, 0) is 4.79 Å². The Morgan fingerprint density at radius 2 is 1.76 bits per heavy atom. The maximum atomic E-state index is 12.2. The van der Waals surface area contributed by atoms with Gasteiger partial charge in [0.05, 0.1) is 13.0 Å². The Bertz CT molecular complexity index is 706. The van der Waals surface area contributed by atoms with Crippen LogP contribution < -0.4 is 20.5 Å². The second-order valence-corrected chi connectivity index (χ2v) is 5.97. The number of hydrogen-bond donors (Lipinski definition) is 2. The summed E-state index contributed by atoms with van der Waals surface area (Å²) >= 11 is 0. The van der Waals surface area contributed by atoms with Crippen molar-refractivity contribution in [3.8, 4) is 17.2 Å². The lowest BCUT2D eigenvalue weighted by Crippen LogP contribution is -2.34. The number of carbonyl (C=O) groups is 1. The van der Waals surface area contributed by atoms with E-state index in [0.717, 1.165) is 24.9 Å². The monoisotopic (exact) mass is 362 g/mol. The summed E-state index contributed by atoms with van der Waals surface area (Å²) in [4.78, 5) is 12.2. The number of benzene rings is 2. The lowest BCUT2D eigenvalue weighted by atomic mass is 10.0. The van der Waals surface area contributed by atoms with E-state index in [1.54, 1.807) is 7.11 Å². The second-order valence-electron chi connectivity index (χ2n) is 5.97. The van der Waals surface area contributed by atoms with Crippen LogP contribution in [0.5, 0.6) is 17.2 Å². The van der Waals surface area contributed by atoms with Crippen LogP contribution in [0.2, 0.25) is 0 Å². The van der Waals surface area contributed by atoms with Crippen LogP contribution in [0.4, 0.5) is 5.69 Å². The molecule has 2 aromatic rings. The van der Waals surface area contributed by atoms with Crippen molar-refractivity contribution in [1.82, 2.24) is 0 Å². The molecule has 0 saturated heterocycles. The predicted molar refractivity (Wildman–Crippen MR) is 101 cm³/mol. The van der Waals surface area contributed by atoms with Gasteiger partial charge in [0, 0.05) is 11.7 Å². The number of nitrogens with one attached hydrogen (secondary N) is 1. The number of nitrogens with two attached hydrogens (primary N) is 1. The zero-order valence-electron chi connectivity index (χ0n) is 14.1. The number of hydrogen-bond acceptors (Lipinski definition) is 4. The Morgan fingerprint density at radius 1 is 1.08 bits per heavy atom. The van der Waals surface area contributed by atoms with Gasteiger partial charge in [0.2, 0.25) is 5.91 Å². The van der Waals surface area contributed by atoms with E-state index in [0.29, 0.717) is 17.2 Å². The lowest BCUT2D eigenvalue weighted by molar-refractivity contribution is -0.120. The first kappa shape index (κ1) is 19.1. The maximum absolute atomic E-state index is 12.2. The van der Waals surface area contributed by atoms with Crippen molar-refractivity contribution < 1.29 is 14.3 Å². The highest BCUT2D eigenvalue weighted by atomic mass is 35.5. The maximum Gasteiger partial charge on any atom is 0.229 e. The third kappa shape index (κ3) is 4.65. The summed E-state index contributed by atoms with van der Waals surface area (Å²) in [5.41, 5.74) is 6.72. The zero-order valence-corrected chi connectivity index (χ0v) is 14.9. The normalized spacial score (nSPS) is 19.0. The fourth-order valence-corrected chi connectivity index (χ4v) is 2.99. The van der Waals surface area contributed by atoms with Crippen molar-refractivity contribution in [1.29, 1.82) is 0 Å². The van der Waals surface area contributed by atoms with Crippen LogP contribution in [0.3, 0.4) is 0 Å². The summed E-state index contributed by atoms with van der Waals surface area (Å²) in [5.74, 6) is 1.90. The van der Waals surface area contributed by atoms with Gasteiger partial charge in [-0.15, -0.1) is 12.4 Å². The van der Waals surface area contributed by atoms with E-state index in [1.165, 1.54) is 0 Å². The Balaban J connectivity index is 0.00000225. The average molecular weight is 363 g/mol. The average Bonchev–Trinajstić information content (AvgIpc) is 3.03. The Labute approximate surface area is 153 Å². The molecule has 1 aliphatic rings. The largest absolute Gasteiger partial charge is 0.493 e. The molecule has 1 saturated carbocycles. The van der Waals surface area contributed by atoms with Crippen LogP contribution in [0.25, 0.3) is 0 Å². The number of halogens is 1. The fraction of sp³-hybridized carbons (Fsp3) is 0.316. The smallest absolute Gasteiger partial charge is 0.229 e. The van der Waals surface area contributed by atoms with Gasteiger partial charge in [0.25, 0.3) is 0 Å². The third-order valence-corrected chi connectivity index (χ3v) is 4.32. The molecule has 0 aliphatic heterocycles. The quantitative estimate of drug-likeness (QED) is 0.843. The van der Waals surface area contributed by atoms with Crippen LogP contribution in [0.1, 0.15) is 19.3 Å². The summed E-state index contributed by atoms with van der Waals surface area (Å²) in [6.45, 7) is 0. The zero-order chi connectivity index (χ0) is 16.9. The Hall–Kier alpha value is -2.24. The van der Waals surface area contributed by atoms with Crippen molar-refractivity contribution in [2.24, 2.45) is 11.7 Å². The molecule has 1 aliphatic carbocycles. The van der Waals surface area contributed by atoms with Gasteiger partial charge in [-0.2, -0.15) is 0 Å². The minimum atomic E-state index is -0.0884. The molecule has 6 heteroatoms. The van der Waals surface area contributed by atoms with Gasteiger partial charge in [-0.3, -0.25) is 4.79 Å². The fourth-order valence-electron chi connectivity index (χ4n) is 2.99. The molecular weight excluding hydrogens is 340 g/mol. The topological polar surface area (TPSA) is 73.6 Å². The highest BCUT2D eigenvalue weighted by Crippen LogP contribution is 2.31. The molecule has 1 amide bonds. The molecule has 2 aromatic carbocycles. The summed E-state index contributed by atoms with van der Waals surface area (Å²) in [6.07, 6.45) is 2.80. The highest BCUT2D eigenvalue weighted by Gasteiger charge is 2.30.